The molecular formula is C19H20FNO4. The molecule has 0 aliphatic heterocycles. The number of halogens is 1. The second-order valence-corrected chi connectivity index (χ2v) is 5.26. The van der Waals surface area contributed by atoms with Gasteiger partial charge in [0, 0.05) is 6.54 Å². The molecule has 5 nitrogen and oxygen atoms in total. The molecule has 6 heteroatoms. The second-order valence-electron chi connectivity index (χ2n) is 5.26. The van der Waals surface area contributed by atoms with Crippen molar-refractivity contribution in [2.45, 2.75) is 13.3 Å². The largest absolute Gasteiger partial charge is 0.494 e. The molecule has 0 aromatic heterocycles. The van der Waals surface area contributed by atoms with E-state index >= 15 is 0 Å². The molecule has 2 aromatic rings. The lowest BCUT2D eigenvalue weighted by atomic mass is 10.1. The first kappa shape index (κ1) is 18.4. The molecule has 2 rings (SSSR count). The highest BCUT2D eigenvalue weighted by Crippen LogP contribution is 2.12. The van der Waals surface area contributed by atoms with Crippen molar-refractivity contribution in [3.8, 4) is 5.75 Å². The van der Waals surface area contributed by atoms with Crippen LogP contribution in [-0.4, -0.2) is 31.6 Å². The lowest BCUT2D eigenvalue weighted by Crippen LogP contribution is -2.30. The average molecular weight is 345 g/mol. The molecule has 0 aliphatic carbocycles. The number of ether oxygens (including phenoxy) is 2. The summed E-state index contributed by atoms with van der Waals surface area (Å²) in [6, 6.07) is 12.6. The highest BCUT2D eigenvalue weighted by molar-refractivity contribution is 5.91. The van der Waals surface area contributed by atoms with Gasteiger partial charge in [-0.15, -0.1) is 0 Å². The third-order valence-corrected chi connectivity index (χ3v) is 3.38. The van der Waals surface area contributed by atoms with Gasteiger partial charge in [-0.25, -0.2) is 9.18 Å². The van der Waals surface area contributed by atoms with Crippen LogP contribution in [0.2, 0.25) is 0 Å². The van der Waals surface area contributed by atoms with E-state index in [4.69, 9.17) is 9.47 Å². The Bertz CT molecular complexity index is 698. The minimum atomic E-state index is -0.572. The molecule has 0 aliphatic rings. The number of esters is 1. The van der Waals surface area contributed by atoms with E-state index in [0.717, 1.165) is 5.56 Å². The monoisotopic (exact) mass is 345 g/mol. The quantitative estimate of drug-likeness (QED) is 0.747. The first-order valence-corrected chi connectivity index (χ1v) is 7.99. The van der Waals surface area contributed by atoms with E-state index in [9.17, 15) is 14.0 Å². The van der Waals surface area contributed by atoms with Crippen LogP contribution in [-0.2, 0) is 16.0 Å². The summed E-state index contributed by atoms with van der Waals surface area (Å²) < 4.78 is 23.0. The maximum Gasteiger partial charge on any atom is 0.338 e. The number of carbonyl (C=O) groups is 2. The minimum absolute atomic E-state index is 0.297. The number of rotatable bonds is 8. The average Bonchev–Trinajstić information content (AvgIpc) is 2.62. The van der Waals surface area contributed by atoms with Crippen LogP contribution in [0.1, 0.15) is 22.8 Å². The predicted molar refractivity (Wildman–Crippen MR) is 91.0 cm³/mol. The van der Waals surface area contributed by atoms with Gasteiger partial charge in [0.1, 0.15) is 11.6 Å². The Morgan fingerprint density at radius 1 is 1.04 bits per heavy atom. The van der Waals surface area contributed by atoms with Crippen LogP contribution in [0.15, 0.2) is 48.5 Å². The number of amides is 1. The summed E-state index contributed by atoms with van der Waals surface area (Å²) in [5, 5.41) is 2.65. The fourth-order valence-electron chi connectivity index (χ4n) is 2.12. The van der Waals surface area contributed by atoms with Crippen molar-refractivity contribution < 1.29 is 23.5 Å². The molecule has 0 heterocycles. The lowest BCUT2D eigenvalue weighted by molar-refractivity contribution is -0.124. The maximum absolute atomic E-state index is 12.8. The van der Waals surface area contributed by atoms with Crippen molar-refractivity contribution in [1.29, 1.82) is 0 Å². The van der Waals surface area contributed by atoms with Gasteiger partial charge in [-0.2, -0.15) is 0 Å². The lowest BCUT2D eigenvalue weighted by Gasteiger charge is -2.07. The van der Waals surface area contributed by atoms with Gasteiger partial charge < -0.3 is 14.8 Å². The Hall–Kier alpha value is -2.89. The zero-order valence-corrected chi connectivity index (χ0v) is 14.0. The Balaban J connectivity index is 1.70. The molecule has 0 unspecified atom stereocenters. The van der Waals surface area contributed by atoms with E-state index in [1.807, 2.05) is 6.92 Å². The highest BCUT2D eigenvalue weighted by Gasteiger charge is 2.10. The Morgan fingerprint density at radius 2 is 1.72 bits per heavy atom. The molecule has 0 radical (unpaired) electrons. The van der Waals surface area contributed by atoms with Gasteiger partial charge in [-0.1, -0.05) is 12.1 Å². The van der Waals surface area contributed by atoms with Crippen LogP contribution < -0.4 is 10.1 Å². The van der Waals surface area contributed by atoms with Crippen LogP contribution >= 0.6 is 0 Å². The van der Waals surface area contributed by atoms with Crippen LogP contribution in [0, 0.1) is 5.82 Å². The first-order chi connectivity index (χ1) is 12.1. The van der Waals surface area contributed by atoms with Gasteiger partial charge in [0.05, 0.1) is 12.2 Å². The van der Waals surface area contributed by atoms with Gasteiger partial charge in [0.25, 0.3) is 5.91 Å². The summed E-state index contributed by atoms with van der Waals surface area (Å²) in [6.07, 6.45) is 0.568. The van der Waals surface area contributed by atoms with Crippen molar-refractivity contribution in [3.05, 3.63) is 65.5 Å². The van der Waals surface area contributed by atoms with E-state index in [-0.39, 0.29) is 18.3 Å². The van der Waals surface area contributed by atoms with E-state index in [1.54, 1.807) is 36.4 Å². The standard InChI is InChI=1S/C19H20FNO4/c1-2-24-17-9-5-15(6-10-17)19(23)25-13-18(22)21-12-11-14-3-7-16(20)8-4-14/h3-10H,2,11-13H2,1H3,(H,21,22). The van der Waals surface area contributed by atoms with Crippen molar-refractivity contribution in [2.75, 3.05) is 19.8 Å². The van der Waals surface area contributed by atoms with Gasteiger partial charge in [-0.3, -0.25) is 4.79 Å². The fourth-order valence-corrected chi connectivity index (χ4v) is 2.12. The third-order valence-electron chi connectivity index (χ3n) is 3.38. The fraction of sp³-hybridized carbons (Fsp3) is 0.263. The van der Waals surface area contributed by atoms with Crippen LogP contribution in [0.25, 0.3) is 0 Å². The first-order valence-electron chi connectivity index (χ1n) is 7.99. The number of hydrogen-bond acceptors (Lipinski definition) is 4. The highest BCUT2D eigenvalue weighted by atomic mass is 19.1. The van der Waals surface area contributed by atoms with Crippen LogP contribution in [0.5, 0.6) is 5.75 Å². The molecule has 25 heavy (non-hydrogen) atoms. The predicted octanol–water partition coefficient (Wildman–Crippen LogP) is 2.74. The van der Waals surface area contributed by atoms with Gasteiger partial charge in [-0.05, 0) is 55.3 Å². The molecule has 132 valence electrons. The van der Waals surface area contributed by atoms with Gasteiger partial charge >= 0.3 is 5.97 Å². The molecule has 0 spiro atoms. The molecule has 1 N–H and O–H groups in total. The summed E-state index contributed by atoms with van der Waals surface area (Å²) >= 11 is 0. The van der Waals surface area contributed by atoms with Crippen LogP contribution in [0.4, 0.5) is 4.39 Å². The molecule has 1 amide bonds. The van der Waals surface area contributed by atoms with Crippen molar-refractivity contribution in [2.24, 2.45) is 0 Å². The molecule has 0 saturated carbocycles. The normalized spacial score (nSPS) is 10.2. The number of benzene rings is 2. The Morgan fingerprint density at radius 3 is 2.36 bits per heavy atom. The van der Waals surface area contributed by atoms with Crippen molar-refractivity contribution in [3.63, 3.8) is 0 Å². The van der Waals surface area contributed by atoms with E-state index in [0.29, 0.717) is 30.9 Å². The number of hydrogen-bond donors (Lipinski definition) is 1. The summed E-state index contributed by atoms with van der Waals surface area (Å²) in [7, 11) is 0. The van der Waals surface area contributed by atoms with Crippen LogP contribution in [0.3, 0.4) is 0 Å². The summed E-state index contributed by atoms with van der Waals surface area (Å²) in [6.45, 7) is 2.44. The number of carbonyl (C=O) groups excluding carboxylic acids is 2. The zero-order valence-electron chi connectivity index (χ0n) is 14.0. The molecule has 0 saturated heterocycles. The summed E-state index contributed by atoms with van der Waals surface area (Å²) in [4.78, 5) is 23.6. The van der Waals surface area contributed by atoms with E-state index in [1.165, 1.54) is 12.1 Å². The van der Waals surface area contributed by atoms with Crippen molar-refractivity contribution >= 4 is 11.9 Å². The smallest absolute Gasteiger partial charge is 0.338 e. The molecule has 0 fully saturated rings. The minimum Gasteiger partial charge on any atom is -0.494 e. The topological polar surface area (TPSA) is 64.6 Å². The molecular weight excluding hydrogens is 325 g/mol. The Kier molecular flexibility index (Phi) is 6.95. The Labute approximate surface area is 145 Å². The van der Waals surface area contributed by atoms with E-state index in [2.05, 4.69) is 5.32 Å². The van der Waals surface area contributed by atoms with E-state index < -0.39 is 5.97 Å². The molecule has 0 atom stereocenters. The summed E-state index contributed by atoms with van der Waals surface area (Å²) in [5.74, 6) is -0.593. The number of nitrogens with one attached hydrogen (secondary N) is 1. The van der Waals surface area contributed by atoms with Gasteiger partial charge in [0.15, 0.2) is 6.61 Å². The molecule has 0 bridgehead atoms. The van der Waals surface area contributed by atoms with Crippen molar-refractivity contribution in [1.82, 2.24) is 5.32 Å². The zero-order chi connectivity index (χ0) is 18.1. The summed E-state index contributed by atoms with van der Waals surface area (Å²) in [5.41, 5.74) is 1.26. The second kappa shape index (κ2) is 9.42. The SMILES string of the molecule is CCOc1ccc(C(=O)OCC(=O)NCCc2ccc(F)cc2)cc1. The van der Waals surface area contributed by atoms with Gasteiger partial charge in [0.2, 0.25) is 0 Å². The molecule has 2 aromatic carbocycles. The maximum atomic E-state index is 12.8. The third kappa shape index (κ3) is 6.25.